The van der Waals surface area contributed by atoms with Crippen LogP contribution >= 0.6 is 12.6 Å². The summed E-state index contributed by atoms with van der Waals surface area (Å²) in [7, 11) is 0. The number of nitrogens with two attached hydrogens (primary N) is 1. The molecule has 14 heavy (non-hydrogen) atoms. The molecule has 0 aromatic carbocycles. The molecule has 2 unspecified atom stereocenters. The second kappa shape index (κ2) is 5.19. The smallest absolute Gasteiger partial charge is 0.122 e. The van der Waals surface area contributed by atoms with Gasteiger partial charge in [0, 0.05) is 11.9 Å². The first-order chi connectivity index (χ1) is 6.65. The van der Waals surface area contributed by atoms with Gasteiger partial charge in [-0.2, -0.15) is 12.6 Å². The molecule has 0 aliphatic heterocycles. The van der Waals surface area contributed by atoms with Crippen molar-refractivity contribution in [3.8, 4) is 0 Å². The van der Waals surface area contributed by atoms with Crippen molar-refractivity contribution in [3.63, 3.8) is 0 Å². The fourth-order valence-corrected chi connectivity index (χ4v) is 1.38. The Hall–Kier alpha value is -0.780. The molecule has 0 bridgehead atoms. The Labute approximate surface area is 88.2 Å². The van der Waals surface area contributed by atoms with Crippen LogP contribution in [0.5, 0.6) is 0 Å². The van der Waals surface area contributed by atoms with Crippen molar-refractivity contribution >= 4 is 18.3 Å². The van der Waals surface area contributed by atoms with Crippen LogP contribution in [0.1, 0.15) is 18.2 Å². The molecule has 1 heterocycles. The predicted molar refractivity (Wildman–Crippen MR) is 58.1 cm³/mol. The molecule has 1 aromatic heterocycles. The Balaban J connectivity index is 2.73. The molecule has 0 aliphatic carbocycles. The van der Waals surface area contributed by atoms with Gasteiger partial charge < -0.3 is 15.9 Å². The van der Waals surface area contributed by atoms with Crippen LogP contribution in [-0.4, -0.2) is 27.1 Å². The first-order valence-corrected chi connectivity index (χ1v) is 4.97. The third-order valence-corrected chi connectivity index (χ3v) is 2.16. The van der Waals surface area contributed by atoms with Crippen LogP contribution in [0.15, 0.2) is 18.3 Å². The number of rotatable bonds is 4. The molecule has 4 N–H and O–H groups in total. The molecule has 0 fully saturated rings. The fraction of sp³-hybridized carbons (Fsp3) is 0.444. The topological polar surface area (TPSA) is 79.4 Å². The summed E-state index contributed by atoms with van der Waals surface area (Å²) < 4.78 is 0. The monoisotopic (exact) mass is 214 g/mol. The number of thiol groups is 1. The number of pyridine rings is 1. The van der Waals surface area contributed by atoms with Crippen molar-refractivity contribution in [2.45, 2.75) is 18.6 Å². The van der Waals surface area contributed by atoms with E-state index in [0.717, 1.165) is 0 Å². The highest BCUT2D eigenvalue weighted by molar-refractivity contribution is 7.80. The van der Waals surface area contributed by atoms with Crippen molar-refractivity contribution < 1.29 is 10.2 Å². The molecule has 0 spiro atoms. The molecule has 0 amide bonds. The molecular weight excluding hydrogens is 200 g/mol. The van der Waals surface area contributed by atoms with Crippen molar-refractivity contribution in [2.75, 3.05) is 11.5 Å². The van der Waals surface area contributed by atoms with Gasteiger partial charge in [-0.25, -0.2) is 0 Å². The Kier molecular flexibility index (Phi) is 4.19. The Morgan fingerprint density at radius 3 is 2.79 bits per heavy atom. The van der Waals surface area contributed by atoms with Gasteiger partial charge in [-0.1, -0.05) is 0 Å². The molecule has 0 aliphatic rings. The highest BCUT2D eigenvalue weighted by Gasteiger charge is 2.18. The Morgan fingerprint density at radius 1 is 1.50 bits per heavy atom. The number of nitrogens with zero attached hydrogens (tertiary/aromatic N) is 1. The van der Waals surface area contributed by atoms with Crippen LogP contribution in [0.3, 0.4) is 0 Å². The summed E-state index contributed by atoms with van der Waals surface area (Å²) in [6, 6.07) is 3.17. The molecular formula is C9H14N2O2S. The Morgan fingerprint density at radius 2 is 2.21 bits per heavy atom. The average molecular weight is 214 g/mol. The zero-order valence-electron chi connectivity index (χ0n) is 7.67. The van der Waals surface area contributed by atoms with Gasteiger partial charge in [-0.05, 0) is 24.3 Å². The number of anilines is 1. The van der Waals surface area contributed by atoms with Crippen LogP contribution < -0.4 is 5.73 Å². The normalized spacial score (nSPS) is 15.1. The molecule has 78 valence electrons. The molecule has 2 atom stereocenters. The molecule has 0 radical (unpaired) electrons. The van der Waals surface area contributed by atoms with Gasteiger partial charge in [0.05, 0.1) is 11.8 Å². The molecule has 1 aromatic rings. The minimum absolute atomic E-state index is 0.388. The van der Waals surface area contributed by atoms with Crippen LogP contribution in [0.2, 0.25) is 0 Å². The van der Waals surface area contributed by atoms with E-state index in [9.17, 15) is 10.2 Å². The highest BCUT2D eigenvalue weighted by Crippen LogP contribution is 2.18. The quantitative estimate of drug-likeness (QED) is 0.546. The predicted octanol–water partition coefficient (Wildman–Crippen LogP) is 0.378. The largest absolute Gasteiger partial charge is 0.399 e. The van der Waals surface area contributed by atoms with E-state index in [-0.39, 0.29) is 0 Å². The van der Waals surface area contributed by atoms with E-state index in [4.69, 9.17) is 5.73 Å². The average Bonchev–Trinajstić information content (AvgIpc) is 2.17. The van der Waals surface area contributed by atoms with E-state index in [1.54, 1.807) is 12.1 Å². The van der Waals surface area contributed by atoms with Gasteiger partial charge in [0.15, 0.2) is 0 Å². The third-order valence-electron chi connectivity index (χ3n) is 1.90. The van der Waals surface area contributed by atoms with Crippen LogP contribution in [0.25, 0.3) is 0 Å². The van der Waals surface area contributed by atoms with E-state index >= 15 is 0 Å². The number of aliphatic hydroxyl groups is 2. The molecule has 4 nitrogen and oxygen atoms in total. The van der Waals surface area contributed by atoms with Crippen molar-refractivity contribution in [2.24, 2.45) is 0 Å². The zero-order chi connectivity index (χ0) is 10.6. The first kappa shape index (κ1) is 11.3. The van der Waals surface area contributed by atoms with Crippen molar-refractivity contribution in [1.29, 1.82) is 0 Å². The second-order valence-corrected chi connectivity index (χ2v) is 3.49. The van der Waals surface area contributed by atoms with E-state index in [1.807, 2.05) is 0 Å². The molecule has 0 saturated heterocycles. The lowest BCUT2D eigenvalue weighted by atomic mass is 10.1. The van der Waals surface area contributed by atoms with Crippen LogP contribution in [0.4, 0.5) is 5.69 Å². The summed E-state index contributed by atoms with van der Waals surface area (Å²) in [5.74, 6) is 0.514. The van der Waals surface area contributed by atoms with Crippen LogP contribution in [0, 0.1) is 0 Å². The maximum atomic E-state index is 9.64. The van der Waals surface area contributed by atoms with E-state index in [1.165, 1.54) is 6.20 Å². The third kappa shape index (κ3) is 2.87. The summed E-state index contributed by atoms with van der Waals surface area (Å²) in [5.41, 5.74) is 6.43. The van der Waals surface area contributed by atoms with Crippen LogP contribution in [-0.2, 0) is 0 Å². The van der Waals surface area contributed by atoms with Gasteiger partial charge >= 0.3 is 0 Å². The second-order valence-electron chi connectivity index (χ2n) is 3.04. The number of aromatic nitrogens is 1. The van der Waals surface area contributed by atoms with Gasteiger partial charge in [-0.3, -0.25) is 4.98 Å². The lowest BCUT2D eigenvalue weighted by molar-refractivity contribution is 0.0147. The maximum Gasteiger partial charge on any atom is 0.122 e. The van der Waals surface area contributed by atoms with Gasteiger partial charge in [-0.15, -0.1) is 0 Å². The van der Waals surface area contributed by atoms with Gasteiger partial charge in [0.25, 0.3) is 0 Å². The number of hydrogen-bond donors (Lipinski definition) is 4. The lowest BCUT2D eigenvalue weighted by Gasteiger charge is -2.16. The SMILES string of the molecule is Nc1ccnc(C(O)C(O)CCS)c1. The van der Waals surface area contributed by atoms with Gasteiger partial charge in [0.1, 0.15) is 6.10 Å². The van der Waals surface area contributed by atoms with E-state index in [0.29, 0.717) is 23.6 Å². The van der Waals surface area contributed by atoms with Crippen molar-refractivity contribution in [3.05, 3.63) is 24.0 Å². The summed E-state index contributed by atoms with van der Waals surface area (Å²) in [6.07, 6.45) is 0.0784. The zero-order valence-corrected chi connectivity index (χ0v) is 8.56. The lowest BCUT2D eigenvalue weighted by Crippen LogP contribution is -2.19. The molecule has 5 heteroatoms. The molecule has 0 saturated carbocycles. The maximum absolute atomic E-state index is 9.64. The van der Waals surface area contributed by atoms with E-state index < -0.39 is 12.2 Å². The summed E-state index contributed by atoms with van der Waals surface area (Å²) >= 11 is 3.97. The minimum atomic E-state index is -0.995. The van der Waals surface area contributed by atoms with Gasteiger partial charge in [0.2, 0.25) is 0 Å². The Bertz CT molecular complexity index is 296. The summed E-state index contributed by atoms with van der Waals surface area (Å²) in [6.45, 7) is 0. The molecule has 1 rings (SSSR count). The standard InChI is InChI=1S/C9H14N2O2S/c10-6-1-3-11-7(5-6)9(13)8(12)2-4-14/h1,3,5,8-9,12-14H,2,4H2,(H2,10,11). The number of nitrogen functional groups attached to an aromatic ring is 1. The summed E-state index contributed by atoms with van der Waals surface area (Å²) in [5, 5.41) is 19.1. The fourth-order valence-electron chi connectivity index (χ4n) is 1.11. The van der Waals surface area contributed by atoms with Crippen molar-refractivity contribution in [1.82, 2.24) is 4.98 Å². The summed E-state index contributed by atoms with van der Waals surface area (Å²) in [4.78, 5) is 3.93. The highest BCUT2D eigenvalue weighted by atomic mass is 32.1. The number of aliphatic hydroxyl groups excluding tert-OH is 2. The van der Waals surface area contributed by atoms with E-state index in [2.05, 4.69) is 17.6 Å². The number of hydrogen-bond acceptors (Lipinski definition) is 5. The minimum Gasteiger partial charge on any atom is -0.399 e. The first-order valence-electron chi connectivity index (χ1n) is 4.33.